The quantitative estimate of drug-likeness (QED) is 0.850. The Labute approximate surface area is 109 Å². The highest BCUT2D eigenvalue weighted by Gasteiger charge is 2.18. The molecule has 2 aromatic rings. The molecule has 1 aromatic carbocycles. The number of hydrogen-bond donors (Lipinski definition) is 1. The Bertz CT molecular complexity index is 553. The van der Waals surface area contributed by atoms with Gasteiger partial charge < -0.3 is 5.73 Å². The van der Waals surface area contributed by atoms with Gasteiger partial charge in [0.2, 0.25) is 0 Å². The third-order valence-electron chi connectivity index (χ3n) is 3.32. The fraction of sp³-hybridized carbons (Fsp3) is 0.438. The highest BCUT2D eigenvalue weighted by Crippen LogP contribution is 2.34. The van der Waals surface area contributed by atoms with Crippen molar-refractivity contribution in [1.29, 1.82) is 0 Å². The Morgan fingerprint density at radius 3 is 2.56 bits per heavy atom. The van der Waals surface area contributed by atoms with Crippen LogP contribution >= 0.6 is 0 Å². The van der Waals surface area contributed by atoms with Crippen LogP contribution in [0.3, 0.4) is 0 Å². The van der Waals surface area contributed by atoms with Crippen molar-refractivity contribution in [3.05, 3.63) is 36.0 Å². The first-order valence-electron chi connectivity index (χ1n) is 6.51. The molecule has 18 heavy (non-hydrogen) atoms. The van der Waals surface area contributed by atoms with Crippen molar-refractivity contribution in [2.75, 3.05) is 5.73 Å². The van der Waals surface area contributed by atoms with Crippen LogP contribution in [-0.4, -0.2) is 4.98 Å². The van der Waals surface area contributed by atoms with Crippen molar-refractivity contribution in [1.82, 2.24) is 4.98 Å². The molecular weight excluding hydrogens is 220 g/mol. The monoisotopic (exact) mass is 242 g/mol. The maximum atomic E-state index is 5.94. The van der Waals surface area contributed by atoms with Gasteiger partial charge in [0.25, 0.3) is 0 Å². The molecule has 0 radical (unpaired) electrons. The highest BCUT2D eigenvalue weighted by molar-refractivity contribution is 5.93. The van der Waals surface area contributed by atoms with Gasteiger partial charge >= 0.3 is 0 Å². The molecule has 0 saturated heterocycles. The van der Waals surface area contributed by atoms with E-state index in [-0.39, 0.29) is 0 Å². The highest BCUT2D eigenvalue weighted by atomic mass is 14.8. The first kappa shape index (κ1) is 12.9. The first-order chi connectivity index (χ1) is 8.38. The number of rotatable bonds is 2. The summed E-state index contributed by atoms with van der Waals surface area (Å²) < 4.78 is 0. The van der Waals surface area contributed by atoms with Crippen molar-refractivity contribution in [2.45, 2.75) is 40.0 Å². The number of anilines is 1. The standard InChI is InChI=1S/C16H22N2/c1-11(10-16(2,3)4)12-6-5-7-14-13(12)8-9-18-15(14)17/h5-9,11H,10H2,1-4H3,(H2,17,18). The third-order valence-corrected chi connectivity index (χ3v) is 3.32. The van der Waals surface area contributed by atoms with Crippen molar-refractivity contribution >= 4 is 16.6 Å². The van der Waals surface area contributed by atoms with E-state index in [4.69, 9.17) is 5.73 Å². The van der Waals surface area contributed by atoms with Gasteiger partial charge in [-0.2, -0.15) is 0 Å². The van der Waals surface area contributed by atoms with Gasteiger partial charge in [0.15, 0.2) is 0 Å². The molecule has 1 unspecified atom stereocenters. The third kappa shape index (κ3) is 2.63. The van der Waals surface area contributed by atoms with Gasteiger partial charge in [-0.3, -0.25) is 0 Å². The number of fused-ring (bicyclic) bond motifs is 1. The predicted molar refractivity (Wildman–Crippen MR) is 78.6 cm³/mol. The summed E-state index contributed by atoms with van der Waals surface area (Å²) in [6.07, 6.45) is 2.96. The number of nitrogen functional groups attached to an aromatic ring is 1. The van der Waals surface area contributed by atoms with Crippen LogP contribution in [0.1, 0.15) is 45.6 Å². The molecular formula is C16H22N2. The second-order valence-corrected chi connectivity index (χ2v) is 6.30. The molecule has 0 aliphatic heterocycles. The lowest BCUT2D eigenvalue weighted by molar-refractivity contribution is 0.349. The average Bonchev–Trinajstić information content (AvgIpc) is 2.26. The Hall–Kier alpha value is -1.57. The Morgan fingerprint density at radius 2 is 1.89 bits per heavy atom. The number of aromatic nitrogens is 1. The van der Waals surface area contributed by atoms with Gasteiger partial charge in [-0.25, -0.2) is 4.98 Å². The summed E-state index contributed by atoms with van der Waals surface area (Å²) >= 11 is 0. The summed E-state index contributed by atoms with van der Waals surface area (Å²) in [7, 11) is 0. The van der Waals surface area contributed by atoms with Crippen molar-refractivity contribution in [3.63, 3.8) is 0 Å². The Morgan fingerprint density at radius 1 is 1.17 bits per heavy atom. The molecule has 1 aromatic heterocycles. The largest absolute Gasteiger partial charge is 0.383 e. The van der Waals surface area contributed by atoms with Gasteiger partial charge in [0.05, 0.1) is 0 Å². The smallest absolute Gasteiger partial charge is 0.131 e. The van der Waals surface area contributed by atoms with E-state index in [1.165, 1.54) is 10.9 Å². The minimum atomic E-state index is 0.333. The van der Waals surface area contributed by atoms with Gasteiger partial charge in [-0.05, 0) is 34.8 Å². The van der Waals surface area contributed by atoms with Crippen LogP contribution in [-0.2, 0) is 0 Å². The minimum absolute atomic E-state index is 0.333. The molecule has 2 heteroatoms. The molecule has 96 valence electrons. The van der Waals surface area contributed by atoms with E-state index >= 15 is 0 Å². The van der Waals surface area contributed by atoms with E-state index < -0.39 is 0 Å². The lowest BCUT2D eigenvalue weighted by atomic mass is 9.81. The molecule has 1 heterocycles. The van der Waals surface area contributed by atoms with Crippen LogP contribution in [0, 0.1) is 5.41 Å². The summed E-state index contributed by atoms with van der Waals surface area (Å²) in [5.41, 5.74) is 7.65. The van der Waals surface area contributed by atoms with E-state index in [1.807, 2.05) is 6.07 Å². The molecule has 1 atom stereocenters. The molecule has 0 spiro atoms. The molecule has 0 fully saturated rings. The zero-order chi connectivity index (χ0) is 13.3. The molecule has 2 N–H and O–H groups in total. The van der Waals surface area contributed by atoms with E-state index in [9.17, 15) is 0 Å². The lowest BCUT2D eigenvalue weighted by Crippen LogP contribution is -2.10. The first-order valence-corrected chi connectivity index (χ1v) is 6.51. The Balaban J connectivity index is 2.48. The number of benzene rings is 1. The Kier molecular flexibility index (Phi) is 3.29. The van der Waals surface area contributed by atoms with Crippen molar-refractivity contribution in [2.24, 2.45) is 5.41 Å². The van der Waals surface area contributed by atoms with E-state index in [1.54, 1.807) is 6.20 Å². The maximum Gasteiger partial charge on any atom is 0.131 e. The summed E-state index contributed by atoms with van der Waals surface area (Å²) in [5, 5.41) is 2.30. The van der Waals surface area contributed by atoms with Crippen LogP contribution in [0.2, 0.25) is 0 Å². The zero-order valence-electron chi connectivity index (χ0n) is 11.7. The van der Waals surface area contributed by atoms with Crippen LogP contribution in [0.25, 0.3) is 10.8 Å². The molecule has 0 aliphatic rings. The van der Waals surface area contributed by atoms with Gasteiger partial charge in [-0.1, -0.05) is 45.9 Å². The second kappa shape index (κ2) is 4.60. The summed E-state index contributed by atoms with van der Waals surface area (Å²) in [6, 6.07) is 8.40. The van der Waals surface area contributed by atoms with Crippen molar-refractivity contribution in [3.8, 4) is 0 Å². The normalized spacial score (nSPS) is 13.8. The molecule has 0 saturated carbocycles. The molecule has 0 amide bonds. The van der Waals surface area contributed by atoms with Crippen LogP contribution < -0.4 is 5.73 Å². The number of pyridine rings is 1. The zero-order valence-corrected chi connectivity index (χ0v) is 11.7. The minimum Gasteiger partial charge on any atom is -0.383 e. The van der Waals surface area contributed by atoms with Crippen LogP contribution in [0.5, 0.6) is 0 Å². The van der Waals surface area contributed by atoms with Crippen LogP contribution in [0.15, 0.2) is 30.5 Å². The van der Waals surface area contributed by atoms with E-state index in [2.05, 4.69) is 50.9 Å². The molecule has 0 bridgehead atoms. The predicted octanol–water partition coefficient (Wildman–Crippen LogP) is 4.36. The molecule has 2 nitrogen and oxygen atoms in total. The summed E-state index contributed by atoms with van der Waals surface area (Å²) in [4.78, 5) is 4.16. The number of hydrogen-bond acceptors (Lipinski definition) is 2. The van der Waals surface area contributed by atoms with Gasteiger partial charge in [0, 0.05) is 11.6 Å². The summed E-state index contributed by atoms with van der Waals surface area (Å²) in [5.74, 6) is 1.15. The molecule has 2 rings (SSSR count). The molecule has 0 aliphatic carbocycles. The van der Waals surface area contributed by atoms with Crippen LogP contribution in [0.4, 0.5) is 5.82 Å². The van der Waals surface area contributed by atoms with Gasteiger partial charge in [0.1, 0.15) is 5.82 Å². The second-order valence-electron chi connectivity index (χ2n) is 6.30. The van der Waals surface area contributed by atoms with E-state index in [0.717, 1.165) is 11.8 Å². The maximum absolute atomic E-state index is 5.94. The summed E-state index contributed by atoms with van der Waals surface area (Å²) in [6.45, 7) is 9.14. The SMILES string of the molecule is CC(CC(C)(C)C)c1cccc2c(N)nccc12. The van der Waals surface area contributed by atoms with E-state index in [0.29, 0.717) is 17.2 Å². The van der Waals surface area contributed by atoms with Crippen molar-refractivity contribution < 1.29 is 0 Å². The lowest BCUT2D eigenvalue weighted by Gasteiger charge is -2.24. The fourth-order valence-corrected chi connectivity index (χ4v) is 2.71. The fourth-order valence-electron chi connectivity index (χ4n) is 2.71. The number of nitrogens with two attached hydrogens (primary N) is 1. The topological polar surface area (TPSA) is 38.9 Å². The number of nitrogens with zero attached hydrogens (tertiary/aromatic N) is 1. The average molecular weight is 242 g/mol. The van der Waals surface area contributed by atoms with Gasteiger partial charge in [-0.15, -0.1) is 0 Å².